The summed E-state index contributed by atoms with van der Waals surface area (Å²) < 4.78 is 39.0. The van der Waals surface area contributed by atoms with Crippen LogP contribution in [0, 0.1) is 5.92 Å². The Hall–Kier alpha value is -3.53. The molecule has 2 aromatic carbocycles. The Morgan fingerprint density at radius 1 is 1.08 bits per heavy atom. The van der Waals surface area contributed by atoms with Crippen molar-refractivity contribution in [1.82, 2.24) is 5.01 Å². The van der Waals surface area contributed by atoms with Crippen LogP contribution in [0.5, 0.6) is 0 Å². The molecule has 2 atom stereocenters. The third-order valence-corrected chi connectivity index (χ3v) is 7.12. The van der Waals surface area contributed by atoms with Gasteiger partial charge in [-0.1, -0.05) is 61.4 Å². The maximum atomic E-state index is 14.1. The van der Waals surface area contributed by atoms with Crippen LogP contribution in [0.4, 0.5) is 18.9 Å². The van der Waals surface area contributed by atoms with Gasteiger partial charge < -0.3 is 5.73 Å². The lowest BCUT2D eigenvalue weighted by molar-refractivity contribution is -0.150. The standard InChI is InChI=1S/C29H33F3N4O3/c1-19(33)27(38)36(25(37)18-20-10-5-6-11-20)35-24-16-8-7-14-22(24)26(21-12-3-2-4-13-21)34-23(28(35)39)15-9-17-29(30,31)32/h2-4,7-8,12-14,16,19-20,23H,5-6,9-11,15,17-18,33H2,1H3/t19-,23?/m0/s1. The van der Waals surface area contributed by atoms with Crippen molar-refractivity contribution in [3.63, 3.8) is 0 Å². The maximum absolute atomic E-state index is 14.1. The van der Waals surface area contributed by atoms with Crippen molar-refractivity contribution in [3.05, 3.63) is 65.7 Å². The molecule has 1 saturated carbocycles. The molecule has 0 spiro atoms. The number of carbonyl (C=O) groups excluding carboxylic acids is 3. The second-order valence-electron chi connectivity index (χ2n) is 10.2. The first-order valence-corrected chi connectivity index (χ1v) is 13.3. The van der Waals surface area contributed by atoms with E-state index in [4.69, 9.17) is 5.73 Å². The fourth-order valence-electron chi connectivity index (χ4n) is 5.19. The fourth-order valence-corrected chi connectivity index (χ4v) is 5.19. The van der Waals surface area contributed by atoms with Crippen LogP contribution in [0.2, 0.25) is 0 Å². The zero-order chi connectivity index (χ0) is 28.2. The summed E-state index contributed by atoms with van der Waals surface area (Å²) in [6, 6.07) is 13.4. The molecule has 1 fully saturated rings. The minimum atomic E-state index is -4.39. The number of nitrogens with zero attached hydrogens (tertiary/aromatic N) is 3. The maximum Gasteiger partial charge on any atom is 0.389 e. The summed E-state index contributed by atoms with van der Waals surface area (Å²) in [7, 11) is 0. The number of benzodiazepines with no additional fused rings is 1. The summed E-state index contributed by atoms with van der Waals surface area (Å²) in [6.45, 7) is 1.43. The quantitative estimate of drug-likeness (QED) is 0.498. The number of alkyl halides is 3. The molecule has 1 unspecified atom stereocenters. The van der Waals surface area contributed by atoms with Crippen LogP contribution in [0.15, 0.2) is 59.6 Å². The lowest BCUT2D eigenvalue weighted by atomic mass is 10.0. The molecule has 2 aromatic rings. The molecule has 2 aliphatic rings. The van der Waals surface area contributed by atoms with Crippen LogP contribution in [-0.4, -0.2) is 46.7 Å². The summed E-state index contributed by atoms with van der Waals surface area (Å²) in [4.78, 5) is 45.9. The molecule has 7 nitrogen and oxygen atoms in total. The van der Waals surface area contributed by atoms with Crippen molar-refractivity contribution in [2.45, 2.75) is 76.6 Å². The summed E-state index contributed by atoms with van der Waals surface area (Å²) in [5.41, 5.74) is 7.72. The summed E-state index contributed by atoms with van der Waals surface area (Å²) in [5, 5.41) is 1.82. The van der Waals surface area contributed by atoms with Gasteiger partial charge in [0.15, 0.2) is 0 Å². The highest BCUT2D eigenvalue weighted by molar-refractivity contribution is 6.21. The van der Waals surface area contributed by atoms with Crippen LogP contribution >= 0.6 is 0 Å². The average molecular weight is 543 g/mol. The SMILES string of the molecule is C[C@H](N)C(=O)N(C(=O)CC1CCCC1)N1C(=O)C(CCCC(F)(F)F)N=C(c2ccccc2)c2ccccc21. The van der Waals surface area contributed by atoms with E-state index in [0.717, 1.165) is 35.7 Å². The van der Waals surface area contributed by atoms with Gasteiger partial charge >= 0.3 is 6.18 Å². The van der Waals surface area contributed by atoms with E-state index in [9.17, 15) is 27.6 Å². The zero-order valence-corrected chi connectivity index (χ0v) is 21.9. The van der Waals surface area contributed by atoms with Gasteiger partial charge in [0.05, 0.1) is 17.4 Å². The molecular weight excluding hydrogens is 509 g/mol. The minimum absolute atomic E-state index is 0.0650. The number of para-hydroxylation sites is 1. The van der Waals surface area contributed by atoms with Crippen molar-refractivity contribution >= 4 is 29.1 Å². The number of hydrogen-bond donors (Lipinski definition) is 1. The van der Waals surface area contributed by atoms with E-state index in [1.165, 1.54) is 6.92 Å². The van der Waals surface area contributed by atoms with E-state index >= 15 is 0 Å². The van der Waals surface area contributed by atoms with E-state index in [2.05, 4.69) is 4.99 Å². The highest BCUT2D eigenvalue weighted by Crippen LogP contribution is 2.34. The molecule has 10 heteroatoms. The predicted molar refractivity (Wildman–Crippen MR) is 142 cm³/mol. The fraction of sp³-hybridized carbons (Fsp3) is 0.448. The van der Waals surface area contributed by atoms with E-state index < -0.39 is 42.4 Å². The number of hydrazine groups is 1. The van der Waals surface area contributed by atoms with Crippen LogP contribution in [0.3, 0.4) is 0 Å². The van der Waals surface area contributed by atoms with E-state index in [0.29, 0.717) is 16.8 Å². The highest BCUT2D eigenvalue weighted by Gasteiger charge is 2.41. The van der Waals surface area contributed by atoms with E-state index in [1.807, 2.05) is 6.07 Å². The third-order valence-electron chi connectivity index (χ3n) is 7.12. The minimum Gasteiger partial charge on any atom is -0.320 e. The second-order valence-corrected chi connectivity index (χ2v) is 10.2. The smallest absolute Gasteiger partial charge is 0.320 e. The molecule has 0 radical (unpaired) electrons. The van der Waals surface area contributed by atoms with Gasteiger partial charge in [-0.3, -0.25) is 19.4 Å². The van der Waals surface area contributed by atoms with Crippen molar-refractivity contribution in [2.75, 3.05) is 5.01 Å². The summed E-state index contributed by atoms with van der Waals surface area (Å²) in [5.74, 6) is -2.00. The van der Waals surface area contributed by atoms with Crippen molar-refractivity contribution in [3.8, 4) is 0 Å². The van der Waals surface area contributed by atoms with Gasteiger partial charge in [0.1, 0.15) is 6.04 Å². The van der Waals surface area contributed by atoms with E-state index in [1.54, 1.807) is 48.5 Å². The van der Waals surface area contributed by atoms with Gasteiger partial charge in [0.2, 0.25) is 5.91 Å². The highest BCUT2D eigenvalue weighted by atomic mass is 19.4. The molecule has 39 heavy (non-hydrogen) atoms. The lowest BCUT2D eigenvalue weighted by Crippen LogP contribution is -2.59. The molecule has 0 bridgehead atoms. The topological polar surface area (TPSA) is 96.1 Å². The molecular formula is C29H33F3N4O3. The summed E-state index contributed by atoms with van der Waals surface area (Å²) >= 11 is 0. The number of halogens is 3. The third kappa shape index (κ3) is 6.73. The van der Waals surface area contributed by atoms with Gasteiger partial charge in [0, 0.05) is 24.0 Å². The number of hydrogen-bond acceptors (Lipinski definition) is 5. The Morgan fingerprint density at radius 2 is 1.72 bits per heavy atom. The van der Waals surface area contributed by atoms with Crippen molar-refractivity contribution in [2.24, 2.45) is 16.6 Å². The Bertz CT molecular complexity index is 1220. The van der Waals surface area contributed by atoms with Crippen LogP contribution in [0.25, 0.3) is 0 Å². The van der Waals surface area contributed by atoms with Crippen molar-refractivity contribution < 1.29 is 27.6 Å². The lowest BCUT2D eigenvalue weighted by Gasteiger charge is -2.35. The van der Waals surface area contributed by atoms with Gasteiger partial charge in [-0.05, 0) is 44.6 Å². The molecule has 0 saturated heterocycles. The Labute approximate surface area is 225 Å². The molecule has 1 heterocycles. The van der Waals surface area contributed by atoms with Gasteiger partial charge in [-0.25, -0.2) is 5.01 Å². The molecule has 2 N–H and O–H groups in total. The molecule has 1 aliphatic heterocycles. The number of fused-ring (bicyclic) bond motifs is 1. The zero-order valence-electron chi connectivity index (χ0n) is 21.9. The molecule has 3 amide bonds. The number of imide groups is 1. The second kappa shape index (κ2) is 12.1. The first-order valence-electron chi connectivity index (χ1n) is 13.3. The number of anilines is 1. The number of nitrogens with two attached hydrogens (primary N) is 1. The Morgan fingerprint density at radius 3 is 2.36 bits per heavy atom. The molecule has 1 aliphatic carbocycles. The van der Waals surface area contributed by atoms with Crippen molar-refractivity contribution in [1.29, 1.82) is 0 Å². The molecule has 4 rings (SSSR count). The number of carbonyl (C=O) groups is 3. The Balaban J connectivity index is 1.83. The largest absolute Gasteiger partial charge is 0.389 e. The first-order chi connectivity index (χ1) is 18.6. The van der Waals surface area contributed by atoms with Crippen LogP contribution in [0.1, 0.15) is 69.4 Å². The van der Waals surface area contributed by atoms with Crippen LogP contribution < -0.4 is 10.7 Å². The number of aliphatic imine (C=N–C) groups is 1. The van der Waals surface area contributed by atoms with Gasteiger partial charge in [-0.2, -0.15) is 18.2 Å². The number of rotatable bonds is 8. The number of amides is 3. The van der Waals surface area contributed by atoms with Gasteiger partial charge in [0.25, 0.3) is 11.8 Å². The van der Waals surface area contributed by atoms with E-state index in [-0.39, 0.29) is 30.9 Å². The normalized spacial score (nSPS) is 18.8. The Kier molecular flexibility index (Phi) is 8.84. The number of benzene rings is 2. The molecule has 0 aromatic heterocycles. The average Bonchev–Trinajstić information content (AvgIpc) is 3.37. The van der Waals surface area contributed by atoms with Gasteiger partial charge in [-0.15, -0.1) is 0 Å². The predicted octanol–water partition coefficient (Wildman–Crippen LogP) is 5.17. The van der Waals surface area contributed by atoms with Crippen LogP contribution in [-0.2, 0) is 14.4 Å². The molecule has 208 valence electrons. The first kappa shape index (κ1) is 28.5. The summed E-state index contributed by atoms with van der Waals surface area (Å²) in [6.07, 6.45) is -2.30. The monoisotopic (exact) mass is 542 g/mol.